The average Bonchev–Trinajstić information content (AvgIpc) is 2.67. The second-order valence-electron chi connectivity index (χ2n) is 6.13. The van der Waals surface area contributed by atoms with Gasteiger partial charge in [-0.3, -0.25) is 4.79 Å². The van der Waals surface area contributed by atoms with Crippen LogP contribution < -0.4 is 4.72 Å². The molecule has 114 valence electrons. The van der Waals surface area contributed by atoms with Gasteiger partial charge in [0, 0.05) is 4.88 Å². The van der Waals surface area contributed by atoms with Gasteiger partial charge in [0.2, 0.25) is 10.0 Å². The van der Waals surface area contributed by atoms with E-state index in [2.05, 4.69) is 4.72 Å². The fourth-order valence-corrected chi connectivity index (χ4v) is 4.12. The lowest BCUT2D eigenvalue weighted by Gasteiger charge is -2.17. The standard InChI is InChI=1S/C14H23NO3S2/c1-6-11-10(2)9-12(19-11)13(16)15-20(17,18)8-7-14(3,4)5/h9H,6-8H2,1-5H3,(H,15,16). The van der Waals surface area contributed by atoms with E-state index in [9.17, 15) is 13.2 Å². The number of amides is 1. The normalized spacial score (nSPS) is 12.4. The summed E-state index contributed by atoms with van der Waals surface area (Å²) in [5, 5.41) is 0. The van der Waals surface area contributed by atoms with Crippen molar-refractivity contribution in [3.63, 3.8) is 0 Å². The van der Waals surface area contributed by atoms with Gasteiger partial charge in [0.05, 0.1) is 10.6 Å². The number of thiophene rings is 1. The van der Waals surface area contributed by atoms with Gasteiger partial charge in [-0.05, 0) is 36.8 Å². The number of sulfonamides is 1. The highest BCUT2D eigenvalue weighted by molar-refractivity contribution is 7.90. The van der Waals surface area contributed by atoms with E-state index >= 15 is 0 Å². The predicted molar refractivity (Wildman–Crippen MR) is 83.8 cm³/mol. The van der Waals surface area contributed by atoms with E-state index in [1.807, 2.05) is 34.6 Å². The van der Waals surface area contributed by atoms with Crippen molar-refractivity contribution < 1.29 is 13.2 Å². The van der Waals surface area contributed by atoms with Gasteiger partial charge in [-0.15, -0.1) is 11.3 Å². The Morgan fingerprint density at radius 2 is 1.95 bits per heavy atom. The molecule has 0 spiro atoms. The molecular formula is C14H23NO3S2. The number of hydrogen-bond acceptors (Lipinski definition) is 4. The van der Waals surface area contributed by atoms with E-state index in [4.69, 9.17) is 0 Å². The SMILES string of the molecule is CCc1sc(C(=O)NS(=O)(=O)CCC(C)(C)C)cc1C. The highest BCUT2D eigenvalue weighted by Gasteiger charge is 2.21. The molecule has 0 radical (unpaired) electrons. The van der Waals surface area contributed by atoms with E-state index in [1.54, 1.807) is 6.07 Å². The second-order valence-corrected chi connectivity index (χ2v) is 9.11. The molecule has 0 saturated carbocycles. The van der Waals surface area contributed by atoms with E-state index in [0.29, 0.717) is 11.3 Å². The van der Waals surface area contributed by atoms with Crippen molar-refractivity contribution in [1.82, 2.24) is 4.72 Å². The van der Waals surface area contributed by atoms with Gasteiger partial charge in [0.25, 0.3) is 5.91 Å². The molecule has 0 atom stereocenters. The Morgan fingerprint density at radius 1 is 1.35 bits per heavy atom. The first kappa shape index (κ1) is 17.2. The third kappa shape index (κ3) is 5.25. The lowest BCUT2D eigenvalue weighted by atomic mass is 9.94. The van der Waals surface area contributed by atoms with Crippen LogP contribution in [0.3, 0.4) is 0 Å². The molecule has 0 aliphatic heterocycles. The highest BCUT2D eigenvalue weighted by atomic mass is 32.2. The van der Waals surface area contributed by atoms with Crippen LogP contribution >= 0.6 is 11.3 Å². The summed E-state index contributed by atoms with van der Waals surface area (Å²) < 4.78 is 25.9. The Bertz CT molecular complexity index is 580. The highest BCUT2D eigenvalue weighted by Crippen LogP contribution is 2.23. The lowest BCUT2D eigenvalue weighted by molar-refractivity contribution is 0.0985. The first-order valence-electron chi connectivity index (χ1n) is 6.68. The summed E-state index contributed by atoms with van der Waals surface area (Å²) in [6, 6.07) is 1.75. The molecule has 20 heavy (non-hydrogen) atoms. The lowest BCUT2D eigenvalue weighted by Crippen LogP contribution is -2.33. The fourth-order valence-electron chi connectivity index (χ4n) is 1.67. The number of nitrogens with one attached hydrogen (secondary N) is 1. The number of rotatable bonds is 5. The molecule has 1 aromatic heterocycles. The van der Waals surface area contributed by atoms with Crippen LogP contribution in [0.5, 0.6) is 0 Å². The summed E-state index contributed by atoms with van der Waals surface area (Å²) in [6.07, 6.45) is 1.36. The molecule has 1 N–H and O–H groups in total. The van der Waals surface area contributed by atoms with Crippen LogP contribution in [-0.4, -0.2) is 20.1 Å². The van der Waals surface area contributed by atoms with Gasteiger partial charge in [0.15, 0.2) is 0 Å². The van der Waals surface area contributed by atoms with Crippen LogP contribution in [-0.2, 0) is 16.4 Å². The van der Waals surface area contributed by atoms with Crippen LogP contribution in [0.1, 0.15) is 54.2 Å². The minimum absolute atomic E-state index is 0.0345. The van der Waals surface area contributed by atoms with Crippen molar-refractivity contribution in [2.45, 2.75) is 47.5 Å². The van der Waals surface area contributed by atoms with Crippen LogP contribution in [0, 0.1) is 12.3 Å². The molecule has 0 unspecified atom stereocenters. The molecule has 0 aromatic carbocycles. The predicted octanol–water partition coefficient (Wildman–Crippen LogP) is 3.11. The van der Waals surface area contributed by atoms with E-state index in [-0.39, 0.29) is 11.2 Å². The third-order valence-corrected chi connectivity index (χ3v) is 5.55. The fraction of sp³-hybridized carbons (Fsp3) is 0.643. The van der Waals surface area contributed by atoms with Crippen molar-refractivity contribution in [3.8, 4) is 0 Å². The molecule has 4 nitrogen and oxygen atoms in total. The van der Waals surface area contributed by atoms with Crippen molar-refractivity contribution in [2.75, 3.05) is 5.75 Å². The van der Waals surface area contributed by atoms with Gasteiger partial charge in [0.1, 0.15) is 0 Å². The maximum absolute atomic E-state index is 12.0. The Labute approximate surface area is 125 Å². The molecule has 0 aliphatic carbocycles. The summed E-state index contributed by atoms with van der Waals surface area (Å²) in [5.41, 5.74) is 0.960. The second kappa shape index (κ2) is 6.26. The van der Waals surface area contributed by atoms with E-state index in [1.165, 1.54) is 11.3 Å². The van der Waals surface area contributed by atoms with E-state index in [0.717, 1.165) is 16.9 Å². The summed E-state index contributed by atoms with van der Waals surface area (Å²) in [4.78, 5) is 13.6. The monoisotopic (exact) mass is 317 g/mol. The van der Waals surface area contributed by atoms with Crippen molar-refractivity contribution in [2.24, 2.45) is 5.41 Å². The van der Waals surface area contributed by atoms with Crippen LogP contribution in [0.25, 0.3) is 0 Å². The number of carbonyl (C=O) groups excluding carboxylic acids is 1. The quantitative estimate of drug-likeness (QED) is 0.907. The minimum Gasteiger partial charge on any atom is -0.267 e. The zero-order valence-electron chi connectivity index (χ0n) is 12.7. The zero-order valence-corrected chi connectivity index (χ0v) is 14.4. The van der Waals surface area contributed by atoms with E-state index < -0.39 is 15.9 Å². The molecule has 1 aromatic rings. The Hall–Kier alpha value is -0.880. The summed E-state index contributed by atoms with van der Waals surface area (Å²) in [6.45, 7) is 9.86. The van der Waals surface area contributed by atoms with Gasteiger partial charge < -0.3 is 0 Å². The average molecular weight is 317 g/mol. The molecule has 0 aliphatic rings. The topological polar surface area (TPSA) is 63.2 Å². The first-order valence-corrected chi connectivity index (χ1v) is 9.15. The van der Waals surface area contributed by atoms with Crippen LogP contribution in [0.2, 0.25) is 0 Å². The number of hydrogen-bond donors (Lipinski definition) is 1. The molecule has 0 saturated heterocycles. The molecule has 1 rings (SSSR count). The molecule has 1 amide bonds. The number of aryl methyl sites for hydroxylation is 2. The third-order valence-electron chi connectivity index (χ3n) is 2.93. The van der Waals surface area contributed by atoms with Crippen molar-refractivity contribution in [3.05, 3.63) is 21.4 Å². The minimum atomic E-state index is -3.57. The Balaban J connectivity index is 2.74. The molecule has 1 heterocycles. The van der Waals surface area contributed by atoms with Gasteiger partial charge in [-0.2, -0.15) is 0 Å². The van der Waals surface area contributed by atoms with Gasteiger partial charge >= 0.3 is 0 Å². The first-order chi connectivity index (χ1) is 9.04. The van der Waals surface area contributed by atoms with Crippen LogP contribution in [0.4, 0.5) is 0 Å². The molecule has 0 fully saturated rings. The largest absolute Gasteiger partial charge is 0.274 e. The number of carbonyl (C=O) groups is 1. The maximum Gasteiger partial charge on any atom is 0.274 e. The van der Waals surface area contributed by atoms with Crippen molar-refractivity contribution in [1.29, 1.82) is 0 Å². The maximum atomic E-state index is 12.0. The molecular weight excluding hydrogens is 294 g/mol. The van der Waals surface area contributed by atoms with Crippen LogP contribution in [0.15, 0.2) is 6.07 Å². The van der Waals surface area contributed by atoms with Crippen molar-refractivity contribution >= 4 is 27.3 Å². The summed E-state index contributed by atoms with van der Waals surface area (Å²) >= 11 is 1.36. The van der Waals surface area contributed by atoms with Gasteiger partial charge in [-0.25, -0.2) is 13.1 Å². The summed E-state index contributed by atoms with van der Waals surface area (Å²) in [7, 11) is -3.57. The smallest absolute Gasteiger partial charge is 0.267 e. The van der Waals surface area contributed by atoms with Gasteiger partial charge in [-0.1, -0.05) is 27.7 Å². The molecule has 6 heteroatoms. The molecule has 0 bridgehead atoms. The zero-order chi connectivity index (χ0) is 15.6. The summed E-state index contributed by atoms with van der Waals surface area (Å²) in [5.74, 6) is -0.556. The Morgan fingerprint density at radius 3 is 2.40 bits per heavy atom. The Kier molecular flexibility index (Phi) is 5.38.